The van der Waals surface area contributed by atoms with E-state index in [1.807, 2.05) is 0 Å². The van der Waals surface area contributed by atoms with Crippen molar-refractivity contribution in [3.05, 3.63) is 23.8 Å². The Bertz CT molecular complexity index is 346. The molecule has 0 unspecified atom stereocenters. The quantitative estimate of drug-likeness (QED) is 0.298. The van der Waals surface area contributed by atoms with Crippen molar-refractivity contribution in [3.8, 4) is 0 Å². The van der Waals surface area contributed by atoms with Crippen LogP contribution in [-0.2, 0) is 0 Å². The van der Waals surface area contributed by atoms with E-state index in [2.05, 4.69) is 15.1 Å². The molecular weight excluding hydrogens is 168 g/mol. The molecule has 0 radical (unpaired) electrons. The van der Waals surface area contributed by atoms with E-state index in [-0.39, 0.29) is 5.84 Å². The van der Waals surface area contributed by atoms with Crippen LogP contribution in [0.15, 0.2) is 17.5 Å². The highest BCUT2D eigenvalue weighted by molar-refractivity contribution is 5.95. The predicted molar refractivity (Wildman–Crippen MR) is 46.5 cm³/mol. The van der Waals surface area contributed by atoms with Gasteiger partial charge in [0.15, 0.2) is 5.84 Å². The van der Waals surface area contributed by atoms with Crippen molar-refractivity contribution >= 4 is 5.84 Å². The fraction of sp³-hybridized carbons (Fsp3) is 0.375. The highest BCUT2D eigenvalue weighted by atomic mass is 16.4. The molecule has 1 aliphatic rings. The summed E-state index contributed by atoms with van der Waals surface area (Å²) in [5.41, 5.74) is 6.86. The summed E-state index contributed by atoms with van der Waals surface area (Å²) in [6.07, 6.45) is 3.79. The molecule has 1 saturated carbocycles. The van der Waals surface area contributed by atoms with Gasteiger partial charge in [-0.25, -0.2) is 9.97 Å². The average molecular weight is 178 g/mol. The minimum absolute atomic E-state index is 0.0318. The van der Waals surface area contributed by atoms with Gasteiger partial charge in [0.1, 0.15) is 12.0 Å². The molecule has 0 atom stereocenters. The maximum absolute atomic E-state index is 8.44. The van der Waals surface area contributed by atoms with Crippen molar-refractivity contribution in [3.63, 3.8) is 0 Å². The van der Waals surface area contributed by atoms with Gasteiger partial charge in [-0.2, -0.15) is 0 Å². The summed E-state index contributed by atoms with van der Waals surface area (Å²) in [7, 11) is 0. The van der Waals surface area contributed by atoms with E-state index in [1.54, 1.807) is 6.07 Å². The molecule has 2 rings (SSSR count). The lowest BCUT2D eigenvalue weighted by atomic mass is 10.2. The molecule has 1 fully saturated rings. The van der Waals surface area contributed by atoms with Crippen LogP contribution < -0.4 is 5.73 Å². The first-order valence-electron chi connectivity index (χ1n) is 4.11. The number of aromatic nitrogens is 2. The van der Waals surface area contributed by atoms with Gasteiger partial charge in [-0.3, -0.25) is 0 Å². The highest BCUT2D eigenvalue weighted by Gasteiger charge is 2.25. The van der Waals surface area contributed by atoms with E-state index in [4.69, 9.17) is 10.9 Å². The van der Waals surface area contributed by atoms with Gasteiger partial charge in [-0.1, -0.05) is 5.16 Å². The van der Waals surface area contributed by atoms with Crippen LogP contribution in [0.5, 0.6) is 0 Å². The lowest BCUT2D eigenvalue weighted by molar-refractivity contribution is 0.318. The van der Waals surface area contributed by atoms with Crippen LogP contribution in [0.25, 0.3) is 0 Å². The van der Waals surface area contributed by atoms with Gasteiger partial charge in [0.05, 0.1) is 0 Å². The zero-order valence-electron chi connectivity index (χ0n) is 7.01. The first kappa shape index (κ1) is 7.97. The molecule has 0 saturated heterocycles. The Morgan fingerprint density at radius 3 is 2.92 bits per heavy atom. The zero-order chi connectivity index (χ0) is 9.26. The maximum atomic E-state index is 8.44. The zero-order valence-corrected chi connectivity index (χ0v) is 7.01. The molecule has 1 aromatic rings. The largest absolute Gasteiger partial charge is 0.409 e. The Morgan fingerprint density at radius 1 is 1.54 bits per heavy atom. The second-order valence-electron chi connectivity index (χ2n) is 3.09. The number of hydrogen-bond acceptors (Lipinski definition) is 4. The van der Waals surface area contributed by atoms with Crippen LogP contribution >= 0.6 is 0 Å². The summed E-state index contributed by atoms with van der Waals surface area (Å²) in [5.74, 6) is 0.581. The summed E-state index contributed by atoms with van der Waals surface area (Å²) in [5, 5.41) is 11.3. The molecule has 0 aliphatic heterocycles. The van der Waals surface area contributed by atoms with E-state index >= 15 is 0 Å². The van der Waals surface area contributed by atoms with E-state index in [9.17, 15) is 0 Å². The minimum Gasteiger partial charge on any atom is -0.409 e. The summed E-state index contributed by atoms with van der Waals surface area (Å²) in [6.45, 7) is 0. The van der Waals surface area contributed by atoms with Crippen molar-refractivity contribution < 1.29 is 5.21 Å². The molecule has 0 aromatic carbocycles. The molecule has 0 bridgehead atoms. The fourth-order valence-electron chi connectivity index (χ4n) is 1.17. The third kappa shape index (κ3) is 1.58. The third-order valence-electron chi connectivity index (χ3n) is 2.05. The summed E-state index contributed by atoms with van der Waals surface area (Å²) >= 11 is 0. The lowest BCUT2D eigenvalue weighted by Crippen LogP contribution is -2.15. The van der Waals surface area contributed by atoms with Gasteiger partial charge >= 0.3 is 0 Å². The molecule has 68 valence electrons. The second-order valence-corrected chi connectivity index (χ2v) is 3.09. The van der Waals surface area contributed by atoms with Crippen LogP contribution in [0.1, 0.15) is 30.1 Å². The number of rotatable bonds is 2. The normalized spacial score (nSPS) is 17.4. The van der Waals surface area contributed by atoms with E-state index in [0.717, 1.165) is 5.69 Å². The van der Waals surface area contributed by atoms with Crippen molar-refractivity contribution in [2.45, 2.75) is 18.8 Å². The number of amidine groups is 1. The summed E-state index contributed by atoms with van der Waals surface area (Å²) < 4.78 is 0. The van der Waals surface area contributed by atoms with Gasteiger partial charge in [0.2, 0.25) is 0 Å². The van der Waals surface area contributed by atoms with Crippen LogP contribution in [0.4, 0.5) is 0 Å². The minimum atomic E-state index is 0.0318. The van der Waals surface area contributed by atoms with Gasteiger partial charge in [0, 0.05) is 11.6 Å². The summed E-state index contributed by atoms with van der Waals surface area (Å²) in [6, 6.07) is 1.77. The van der Waals surface area contributed by atoms with Crippen molar-refractivity contribution in [1.82, 2.24) is 9.97 Å². The molecule has 13 heavy (non-hydrogen) atoms. The van der Waals surface area contributed by atoms with Gasteiger partial charge < -0.3 is 10.9 Å². The van der Waals surface area contributed by atoms with Gasteiger partial charge in [-0.05, 0) is 18.9 Å². The SMILES string of the molecule is N/C(=N/O)c1cc(C2CC2)ncn1. The molecule has 1 aliphatic carbocycles. The van der Waals surface area contributed by atoms with Crippen LogP contribution in [0.3, 0.4) is 0 Å². The third-order valence-corrected chi connectivity index (χ3v) is 2.05. The Morgan fingerprint density at radius 2 is 2.31 bits per heavy atom. The van der Waals surface area contributed by atoms with Gasteiger partial charge in [-0.15, -0.1) is 0 Å². The molecular formula is C8H10N4O. The van der Waals surface area contributed by atoms with E-state index < -0.39 is 0 Å². The molecule has 0 spiro atoms. The molecule has 5 nitrogen and oxygen atoms in total. The Labute approximate surface area is 75.3 Å². The molecule has 1 heterocycles. The Kier molecular flexibility index (Phi) is 1.84. The van der Waals surface area contributed by atoms with Crippen molar-refractivity contribution in [2.75, 3.05) is 0 Å². The topological polar surface area (TPSA) is 84.4 Å². The number of hydrogen-bond donors (Lipinski definition) is 2. The van der Waals surface area contributed by atoms with Crippen LogP contribution in [0.2, 0.25) is 0 Å². The highest BCUT2D eigenvalue weighted by Crippen LogP contribution is 2.38. The second kappa shape index (κ2) is 3.01. The number of nitrogens with zero attached hydrogens (tertiary/aromatic N) is 3. The van der Waals surface area contributed by atoms with Crippen molar-refractivity contribution in [2.24, 2.45) is 10.9 Å². The maximum Gasteiger partial charge on any atom is 0.188 e. The molecule has 3 N–H and O–H groups in total. The molecule has 5 heteroatoms. The standard InChI is InChI=1S/C8H10N4O/c9-8(12-13)7-3-6(5-1-2-5)10-4-11-7/h3-5,13H,1-2H2,(H2,9,12). The fourth-order valence-corrected chi connectivity index (χ4v) is 1.17. The Balaban J connectivity index is 2.31. The van der Waals surface area contributed by atoms with Crippen molar-refractivity contribution in [1.29, 1.82) is 0 Å². The lowest BCUT2D eigenvalue weighted by Gasteiger charge is -1.99. The van der Waals surface area contributed by atoms with E-state index in [1.165, 1.54) is 19.2 Å². The van der Waals surface area contributed by atoms with Crippen LogP contribution in [0, 0.1) is 0 Å². The van der Waals surface area contributed by atoms with Gasteiger partial charge in [0.25, 0.3) is 0 Å². The molecule has 1 aromatic heterocycles. The monoisotopic (exact) mass is 178 g/mol. The van der Waals surface area contributed by atoms with E-state index in [0.29, 0.717) is 11.6 Å². The summed E-state index contributed by atoms with van der Waals surface area (Å²) in [4.78, 5) is 8.01. The Hall–Kier alpha value is -1.65. The number of nitrogens with two attached hydrogens (primary N) is 1. The number of oxime groups is 1. The first-order chi connectivity index (χ1) is 6.31. The van der Waals surface area contributed by atoms with Crippen LogP contribution in [-0.4, -0.2) is 21.0 Å². The average Bonchev–Trinajstić information content (AvgIpc) is 3.00. The predicted octanol–water partition coefficient (Wildman–Crippen LogP) is 0.448. The first-order valence-corrected chi connectivity index (χ1v) is 4.11. The molecule has 0 amide bonds. The smallest absolute Gasteiger partial charge is 0.188 e.